The second-order valence-corrected chi connectivity index (χ2v) is 4.65. The monoisotopic (exact) mass is 287 g/mol. The van der Waals surface area contributed by atoms with E-state index in [1.165, 1.54) is 10.6 Å². The summed E-state index contributed by atoms with van der Waals surface area (Å²) < 4.78 is 6.39. The highest BCUT2D eigenvalue weighted by atomic mass is 16.5. The van der Waals surface area contributed by atoms with Crippen molar-refractivity contribution >= 4 is 11.6 Å². The Morgan fingerprint density at radius 1 is 1.29 bits per heavy atom. The number of rotatable bonds is 4. The second kappa shape index (κ2) is 6.21. The number of benzene rings is 1. The minimum atomic E-state index is -0.281. The van der Waals surface area contributed by atoms with Crippen LogP contribution < -0.4 is 15.6 Å². The van der Waals surface area contributed by atoms with Gasteiger partial charge in [0.05, 0.1) is 7.11 Å². The minimum Gasteiger partial charge on any atom is -0.497 e. The van der Waals surface area contributed by atoms with E-state index in [2.05, 4.69) is 10.3 Å². The van der Waals surface area contributed by atoms with Crippen LogP contribution >= 0.6 is 0 Å². The van der Waals surface area contributed by atoms with Gasteiger partial charge in [0, 0.05) is 17.4 Å². The number of aromatic nitrogens is 2. The fourth-order valence-electron chi connectivity index (χ4n) is 1.97. The zero-order chi connectivity index (χ0) is 15.4. The second-order valence-electron chi connectivity index (χ2n) is 4.65. The van der Waals surface area contributed by atoms with Gasteiger partial charge in [-0.15, -0.1) is 0 Å². The van der Waals surface area contributed by atoms with Crippen molar-refractivity contribution in [3.63, 3.8) is 0 Å². The standard InChI is InChI=1S/C15H17N3O3/c1-10-8-15(20)18(11(2)16-10)9-14(19)17-12-4-6-13(21-3)7-5-12/h4-8H,9H2,1-3H3,(H,17,19). The maximum atomic E-state index is 12.0. The third kappa shape index (κ3) is 3.68. The van der Waals surface area contributed by atoms with E-state index in [0.717, 1.165) is 0 Å². The summed E-state index contributed by atoms with van der Waals surface area (Å²) >= 11 is 0. The van der Waals surface area contributed by atoms with Crippen LogP contribution in [0.25, 0.3) is 0 Å². The van der Waals surface area contributed by atoms with E-state index in [9.17, 15) is 9.59 Å². The molecule has 1 amide bonds. The summed E-state index contributed by atoms with van der Waals surface area (Å²) in [5.74, 6) is 0.948. The number of nitrogens with zero attached hydrogens (tertiary/aromatic N) is 2. The third-order valence-electron chi connectivity index (χ3n) is 3.00. The number of nitrogens with one attached hydrogen (secondary N) is 1. The topological polar surface area (TPSA) is 73.2 Å². The maximum Gasteiger partial charge on any atom is 0.254 e. The predicted molar refractivity (Wildman–Crippen MR) is 79.6 cm³/mol. The molecule has 6 nitrogen and oxygen atoms in total. The molecule has 0 spiro atoms. The first-order valence-electron chi connectivity index (χ1n) is 6.48. The van der Waals surface area contributed by atoms with Crippen molar-refractivity contribution in [3.05, 3.63) is 52.2 Å². The molecule has 0 aliphatic carbocycles. The summed E-state index contributed by atoms with van der Waals surface area (Å²) in [6, 6.07) is 8.38. The summed E-state index contributed by atoms with van der Waals surface area (Å²) in [5, 5.41) is 2.73. The number of ether oxygens (including phenoxy) is 1. The lowest BCUT2D eigenvalue weighted by atomic mass is 10.3. The molecule has 0 aliphatic heterocycles. The first-order chi connectivity index (χ1) is 9.99. The molecular formula is C15H17N3O3. The van der Waals surface area contributed by atoms with Gasteiger partial charge >= 0.3 is 0 Å². The fraction of sp³-hybridized carbons (Fsp3) is 0.267. The SMILES string of the molecule is COc1ccc(NC(=O)Cn2c(C)nc(C)cc2=O)cc1. The van der Waals surface area contributed by atoms with Gasteiger partial charge in [-0.1, -0.05) is 0 Å². The van der Waals surface area contributed by atoms with Crippen LogP contribution in [-0.2, 0) is 11.3 Å². The summed E-state index contributed by atoms with van der Waals surface area (Å²) in [7, 11) is 1.58. The largest absolute Gasteiger partial charge is 0.497 e. The molecule has 0 saturated carbocycles. The van der Waals surface area contributed by atoms with E-state index in [4.69, 9.17) is 4.74 Å². The van der Waals surface area contributed by atoms with Crippen LogP contribution in [0.5, 0.6) is 5.75 Å². The van der Waals surface area contributed by atoms with Crippen molar-refractivity contribution in [1.29, 1.82) is 0 Å². The Kier molecular flexibility index (Phi) is 4.37. The number of anilines is 1. The molecule has 1 N–H and O–H groups in total. The number of carbonyl (C=O) groups excluding carboxylic acids is 1. The number of hydrogen-bond donors (Lipinski definition) is 1. The smallest absolute Gasteiger partial charge is 0.254 e. The van der Waals surface area contributed by atoms with E-state index in [1.54, 1.807) is 45.2 Å². The number of aryl methyl sites for hydroxylation is 2. The molecule has 6 heteroatoms. The van der Waals surface area contributed by atoms with Gasteiger partial charge in [0.2, 0.25) is 5.91 Å². The maximum absolute atomic E-state index is 12.0. The normalized spacial score (nSPS) is 10.2. The lowest BCUT2D eigenvalue weighted by Crippen LogP contribution is -2.29. The Balaban J connectivity index is 2.10. The van der Waals surface area contributed by atoms with Crippen LogP contribution in [0.1, 0.15) is 11.5 Å². The molecule has 2 rings (SSSR count). The van der Waals surface area contributed by atoms with Crippen molar-refractivity contribution < 1.29 is 9.53 Å². The molecule has 1 heterocycles. The Labute approximate surface area is 122 Å². The van der Waals surface area contributed by atoms with E-state index < -0.39 is 0 Å². The minimum absolute atomic E-state index is 0.0655. The van der Waals surface area contributed by atoms with Gasteiger partial charge in [-0.05, 0) is 38.1 Å². The Hall–Kier alpha value is -2.63. The highest BCUT2D eigenvalue weighted by Gasteiger charge is 2.08. The van der Waals surface area contributed by atoms with Gasteiger partial charge in [-0.3, -0.25) is 14.2 Å². The van der Waals surface area contributed by atoms with Crippen LogP contribution in [0, 0.1) is 13.8 Å². The van der Waals surface area contributed by atoms with E-state index >= 15 is 0 Å². The van der Waals surface area contributed by atoms with Crippen molar-refractivity contribution in [3.8, 4) is 5.75 Å². The van der Waals surface area contributed by atoms with Gasteiger partial charge in [0.25, 0.3) is 5.56 Å². The first kappa shape index (κ1) is 14.8. The molecule has 110 valence electrons. The quantitative estimate of drug-likeness (QED) is 0.925. The van der Waals surface area contributed by atoms with Gasteiger partial charge in [-0.25, -0.2) is 4.98 Å². The molecular weight excluding hydrogens is 270 g/mol. The van der Waals surface area contributed by atoms with Gasteiger partial charge in [0.1, 0.15) is 18.1 Å². The zero-order valence-corrected chi connectivity index (χ0v) is 12.2. The molecule has 0 unspecified atom stereocenters. The molecule has 0 atom stereocenters. The molecule has 0 radical (unpaired) electrons. The Morgan fingerprint density at radius 2 is 1.95 bits per heavy atom. The molecule has 0 fully saturated rings. The molecule has 0 aliphatic rings. The predicted octanol–water partition coefficient (Wildman–Crippen LogP) is 1.51. The molecule has 1 aromatic carbocycles. The van der Waals surface area contributed by atoms with Gasteiger partial charge < -0.3 is 10.1 Å². The molecule has 2 aromatic rings. The summed E-state index contributed by atoms with van der Waals surface area (Å²) in [5.41, 5.74) is 1.06. The lowest BCUT2D eigenvalue weighted by molar-refractivity contribution is -0.116. The molecule has 21 heavy (non-hydrogen) atoms. The van der Waals surface area contributed by atoms with E-state index in [1.807, 2.05) is 0 Å². The lowest BCUT2D eigenvalue weighted by Gasteiger charge is -2.10. The van der Waals surface area contributed by atoms with Crippen LogP contribution in [0.4, 0.5) is 5.69 Å². The fourth-order valence-corrected chi connectivity index (χ4v) is 1.97. The molecule has 0 bridgehead atoms. The molecule has 0 saturated heterocycles. The summed E-state index contributed by atoms with van der Waals surface area (Å²) in [6.45, 7) is 3.38. The average molecular weight is 287 g/mol. The average Bonchev–Trinajstić information content (AvgIpc) is 2.43. The first-order valence-corrected chi connectivity index (χ1v) is 6.48. The van der Waals surface area contributed by atoms with Crippen molar-refractivity contribution in [1.82, 2.24) is 9.55 Å². The molecule has 1 aromatic heterocycles. The van der Waals surface area contributed by atoms with Gasteiger partial charge in [0.15, 0.2) is 0 Å². The van der Waals surface area contributed by atoms with Crippen molar-refractivity contribution in [2.75, 3.05) is 12.4 Å². The van der Waals surface area contributed by atoms with Gasteiger partial charge in [-0.2, -0.15) is 0 Å². The number of carbonyl (C=O) groups is 1. The van der Waals surface area contributed by atoms with Crippen molar-refractivity contribution in [2.45, 2.75) is 20.4 Å². The summed E-state index contributed by atoms with van der Waals surface area (Å²) in [4.78, 5) is 28.0. The van der Waals surface area contributed by atoms with Crippen LogP contribution in [0.15, 0.2) is 35.1 Å². The number of hydrogen-bond acceptors (Lipinski definition) is 4. The van der Waals surface area contributed by atoms with Crippen LogP contribution in [0.3, 0.4) is 0 Å². The summed E-state index contributed by atoms with van der Waals surface area (Å²) in [6.07, 6.45) is 0. The highest BCUT2D eigenvalue weighted by Crippen LogP contribution is 2.14. The van der Waals surface area contributed by atoms with Crippen molar-refractivity contribution in [2.24, 2.45) is 0 Å². The number of methoxy groups -OCH3 is 1. The Morgan fingerprint density at radius 3 is 2.52 bits per heavy atom. The van der Waals surface area contributed by atoms with Crippen LogP contribution in [0.2, 0.25) is 0 Å². The van der Waals surface area contributed by atoms with E-state index in [-0.39, 0.29) is 18.0 Å². The highest BCUT2D eigenvalue weighted by molar-refractivity contribution is 5.90. The van der Waals surface area contributed by atoms with Crippen LogP contribution in [-0.4, -0.2) is 22.6 Å². The number of amides is 1. The van der Waals surface area contributed by atoms with E-state index in [0.29, 0.717) is 23.0 Å². The third-order valence-corrected chi connectivity index (χ3v) is 3.00. The Bertz CT molecular complexity index is 705. The zero-order valence-electron chi connectivity index (χ0n) is 12.2.